The lowest BCUT2D eigenvalue weighted by Gasteiger charge is -2.40. The number of aromatic carboxylic acids is 2. The van der Waals surface area contributed by atoms with Gasteiger partial charge >= 0.3 is 11.9 Å². The lowest BCUT2D eigenvalue weighted by molar-refractivity contribution is -0.147. The summed E-state index contributed by atoms with van der Waals surface area (Å²) >= 11 is 0. The predicted molar refractivity (Wildman–Crippen MR) is 76.9 cm³/mol. The molecular formula is C14H18N2O6. The van der Waals surface area contributed by atoms with E-state index in [9.17, 15) is 24.9 Å². The van der Waals surface area contributed by atoms with Crippen LogP contribution in [0.25, 0.3) is 0 Å². The summed E-state index contributed by atoms with van der Waals surface area (Å²) in [6.45, 7) is 3.21. The number of benzene rings is 1. The molecular weight excluding hydrogens is 292 g/mol. The number of carboxylic acid groups (broad SMARTS) is 2. The summed E-state index contributed by atoms with van der Waals surface area (Å²) in [4.78, 5) is 22.8. The summed E-state index contributed by atoms with van der Waals surface area (Å²) in [6, 6.07) is 4.32. The molecule has 1 unspecified atom stereocenters. The molecule has 0 radical (unpaired) electrons. The maximum absolute atomic E-state index is 11.5. The number of aliphatic hydroxyl groups excluding tert-OH is 1. The highest BCUT2D eigenvalue weighted by Gasteiger charge is 2.28. The number of β-amino-alcohol motifs (C(OH)–C–C–N with tert-alkyl or cyclic N) is 1. The first-order valence-corrected chi connectivity index (χ1v) is 6.87. The standard InChI is InChI=1S/C14H18N2O6/c1-2-16(15-6-7-22-11(17)8-15)10-5-3-4-9(13(18)19)12(10)14(20)21/h3-5,11,17H,2,6-8H2,1H3,(H,18,19)(H,20,21). The van der Waals surface area contributed by atoms with Crippen molar-refractivity contribution in [3.63, 3.8) is 0 Å². The topological polar surface area (TPSA) is 111 Å². The third kappa shape index (κ3) is 3.19. The molecule has 0 amide bonds. The first-order valence-electron chi connectivity index (χ1n) is 6.87. The number of rotatable bonds is 5. The van der Waals surface area contributed by atoms with E-state index in [0.29, 0.717) is 19.7 Å². The minimum Gasteiger partial charge on any atom is -0.478 e. The predicted octanol–water partition coefficient (Wildman–Crippen LogP) is 0.475. The van der Waals surface area contributed by atoms with E-state index in [4.69, 9.17) is 4.74 Å². The number of hydrazine groups is 1. The average Bonchev–Trinajstić information content (AvgIpc) is 2.47. The third-order valence-corrected chi connectivity index (χ3v) is 3.43. The number of morpholine rings is 1. The second-order valence-electron chi connectivity index (χ2n) is 4.76. The van der Waals surface area contributed by atoms with Gasteiger partial charge in [0.15, 0.2) is 6.29 Å². The fourth-order valence-corrected chi connectivity index (χ4v) is 2.52. The summed E-state index contributed by atoms with van der Waals surface area (Å²) in [5.41, 5.74) is -0.251. The van der Waals surface area contributed by atoms with E-state index in [0.717, 1.165) is 0 Å². The van der Waals surface area contributed by atoms with Gasteiger partial charge in [-0.15, -0.1) is 0 Å². The number of aliphatic hydroxyl groups is 1. The summed E-state index contributed by atoms with van der Waals surface area (Å²) < 4.78 is 5.06. The Balaban J connectivity index is 2.46. The van der Waals surface area contributed by atoms with Gasteiger partial charge in [-0.25, -0.2) is 14.6 Å². The van der Waals surface area contributed by atoms with Crippen molar-refractivity contribution in [2.45, 2.75) is 13.2 Å². The van der Waals surface area contributed by atoms with Crippen molar-refractivity contribution in [2.75, 3.05) is 31.3 Å². The van der Waals surface area contributed by atoms with Crippen LogP contribution in [0.15, 0.2) is 18.2 Å². The molecule has 120 valence electrons. The molecule has 0 saturated carbocycles. The zero-order chi connectivity index (χ0) is 16.3. The highest BCUT2D eigenvalue weighted by Crippen LogP contribution is 2.26. The summed E-state index contributed by atoms with van der Waals surface area (Å²) in [5, 5.41) is 31.6. The zero-order valence-electron chi connectivity index (χ0n) is 12.1. The number of anilines is 1. The van der Waals surface area contributed by atoms with Gasteiger partial charge in [-0.2, -0.15) is 0 Å². The van der Waals surface area contributed by atoms with Crippen LogP contribution in [0, 0.1) is 0 Å². The van der Waals surface area contributed by atoms with Gasteiger partial charge in [-0.1, -0.05) is 6.07 Å². The van der Waals surface area contributed by atoms with Crippen LogP contribution < -0.4 is 5.01 Å². The molecule has 1 aromatic carbocycles. The van der Waals surface area contributed by atoms with E-state index < -0.39 is 18.2 Å². The SMILES string of the molecule is CCN(c1cccc(C(=O)O)c1C(=O)O)N1CCOC(O)C1. The van der Waals surface area contributed by atoms with Crippen LogP contribution in [0.4, 0.5) is 5.69 Å². The smallest absolute Gasteiger partial charge is 0.338 e. The minimum atomic E-state index is -1.31. The molecule has 0 spiro atoms. The highest BCUT2D eigenvalue weighted by molar-refractivity contribution is 6.05. The zero-order valence-corrected chi connectivity index (χ0v) is 12.1. The van der Waals surface area contributed by atoms with Crippen LogP contribution in [0.1, 0.15) is 27.6 Å². The second-order valence-corrected chi connectivity index (χ2v) is 4.76. The molecule has 8 heteroatoms. The Morgan fingerprint density at radius 2 is 2.09 bits per heavy atom. The lowest BCUT2D eigenvalue weighted by Crippen LogP contribution is -2.52. The van der Waals surface area contributed by atoms with Gasteiger partial charge in [0.1, 0.15) is 0 Å². The lowest BCUT2D eigenvalue weighted by atomic mass is 10.0. The van der Waals surface area contributed by atoms with Crippen LogP contribution in [-0.4, -0.2) is 64.8 Å². The van der Waals surface area contributed by atoms with Gasteiger partial charge < -0.3 is 25.1 Å². The summed E-state index contributed by atoms with van der Waals surface area (Å²) in [5.74, 6) is -2.60. The van der Waals surface area contributed by atoms with Crippen molar-refractivity contribution in [3.05, 3.63) is 29.3 Å². The van der Waals surface area contributed by atoms with E-state index in [1.165, 1.54) is 12.1 Å². The summed E-state index contributed by atoms with van der Waals surface area (Å²) in [6.07, 6.45) is -0.960. The van der Waals surface area contributed by atoms with Crippen LogP contribution in [0.3, 0.4) is 0 Å². The van der Waals surface area contributed by atoms with E-state index >= 15 is 0 Å². The maximum atomic E-state index is 11.5. The van der Waals surface area contributed by atoms with Crippen molar-refractivity contribution in [1.29, 1.82) is 0 Å². The highest BCUT2D eigenvalue weighted by atomic mass is 16.6. The van der Waals surface area contributed by atoms with Gasteiger partial charge in [0, 0.05) is 13.1 Å². The van der Waals surface area contributed by atoms with Crippen LogP contribution in [-0.2, 0) is 4.74 Å². The number of ether oxygens (including phenoxy) is 1. The second kappa shape index (κ2) is 6.73. The molecule has 0 aromatic heterocycles. The van der Waals surface area contributed by atoms with E-state index in [1.54, 1.807) is 16.1 Å². The van der Waals surface area contributed by atoms with E-state index in [1.807, 2.05) is 6.92 Å². The number of hydrogen-bond acceptors (Lipinski definition) is 6. The molecule has 1 aliphatic rings. The van der Waals surface area contributed by atoms with Crippen LogP contribution >= 0.6 is 0 Å². The number of carboxylic acids is 2. The van der Waals surface area contributed by atoms with Crippen molar-refractivity contribution in [1.82, 2.24) is 5.01 Å². The van der Waals surface area contributed by atoms with Gasteiger partial charge in [0.25, 0.3) is 0 Å². The van der Waals surface area contributed by atoms with Gasteiger partial charge in [0.05, 0.1) is 30.0 Å². The Kier molecular flexibility index (Phi) is 4.96. The van der Waals surface area contributed by atoms with Crippen LogP contribution in [0.2, 0.25) is 0 Å². The molecule has 1 fully saturated rings. The maximum Gasteiger partial charge on any atom is 0.338 e. The molecule has 1 atom stereocenters. The molecule has 8 nitrogen and oxygen atoms in total. The van der Waals surface area contributed by atoms with E-state index in [2.05, 4.69) is 0 Å². The van der Waals surface area contributed by atoms with Crippen molar-refractivity contribution < 1.29 is 29.6 Å². The number of hydrogen-bond donors (Lipinski definition) is 3. The fraction of sp³-hybridized carbons (Fsp3) is 0.429. The monoisotopic (exact) mass is 310 g/mol. The normalized spacial score (nSPS) is 18.9. The van der Waals surface area contributed by atoms with E-state index in [-0.39, 0.29) is 23.4 Å². The number of carbonyl (C=O) groups is 2. The Bertz CT molecular complexity index is 576. The van der Waals surface area contributed by atoms with Gasteiger partial charge in [-0.05, 0) is 19.1 Å². The molecule has 1 saturated heterocycles. The fourth-order valence-electron chi connectivity index (χ4n) is 2.52. The molecule has 1 heterocycles. The average molecular weight is 310 g/mol. The van der Waals surface area contributed by atoms with Crippen molar-refractivity contribution in [3.8, 4) is 0 Å². The molecule has 1 aliphatic heterocycles. The summed E-state index contributed by atoms with van der Waals surface area (Å²) in [7, 11) is 0. The Morgan fingerprint density at radius 3 is 2.64 bits per heavy atom. The van der Waals surface area contributed by atoms with Crippen molar-refractivity contribution in [2.24, 2.45) is 0 Å². The van der Waals surface area contributed by atoms with Gasteiger partial charge in [-0.3, -0.25) is 0 Å². The molecule has 22 heavy (non-hydrogen) atoms. The third-order valence-electron chi connectivity index (χ3n) is 3.43. The Hall–Kier alpha value is -2.16. The molecule has 2 rings (SSSR count). The quantitative estimate of drug-likeness (QED) is 0.720. The molecule has 0 aliphatic carbocycles. The Labute approximate surface area is 127 Å². The first kappa shape index (κ1) is 16.2. The minimum absolute atomic E-state index is 0.185. The largest absolute Gasteiger partial charge is 0.478 e. The van der Waals surface area contributed by atoms with Crippen LogP contribution in [0.5, 0.6) is 0 Å². The molecule has 1 aromatic rings. The first-order chi connectivity index (χ1) is 10.5. The van der Waals surface area contributed by atoms with Crippen molar-refractivity contribution >= 4 is 17.6 Å². The number of nitrogens with zero attached hydrogens (tertiary/aromatic N) is 2. The Morgan fingerprint density at radius 1 is 1.36 bits per heavy atom. The molecule has 3 N–H and O–H groups in total. The molecule has 0 bridgehead atoms. The van der Waals surface area contributed by atoms with Gasteiger partial charge in [0.2, 0.25) is 0 Å².